The molecule has 0 atom stereocenters. The van der Waals surface area contributed by atoms with Crippen LogP contribution in [0.4, 0.5) is 29.7 Å². The maximum atomic E-state index is 14.6. The smallest absolute Gasteiger partial charge is 0.321 e. The normalized spacial score (nSPS) is 11.2. The van der Waals surface area contributed by atoms with E-state index in [1.807, 2.05) is 84.9 Å². The molecular formula is C56H44F2N14O2. The number of rotatable bonds is 8. The number of nitrogens with one attached hydrogen (secondary N) is 6. The third-order valence-electron chi connectivity index (χ3n) is 12.4. The summed E-state index contributed by atoms with van der Waals surface area (Å²) >= 11 is 0. The van der Waals surface area contributed by atoms with Crippen LogP contribution in [0, 0.1) is 11.6 Å². The number of H-pyrrole nitrogens is 4. The fourth-order valence-corrected chi connectivity index (χ4v) is 8.73. The van der Waals surface area contributed by atoms with Crippen molar-refractivity contribution >= 4 is 67.3 Å². The number of benzene rings is 4. The van der Waals surface area contributed by atoms with Crippen LogP contribution in [0.15, 0.2) is 159 Å². The number of halogens is 2. The number of nitrogens with zero attached hydrogens (tertiary/aromatic N) is 8. The maximum Gasteiger partial charge on any atom is 0.321 e. The second-order valence-electron chi connectivity index (χ2n) is 17.9. The molecule has 18 heteroatoms. The van der Waals surface area contributed by atoms with Crippen LogP contribution in [0.5, 0.6) is 0 Å². The van der Waals surface area contributed by atoms with E-state index in [4.69, 9.17) is 0 Å². The second-order valence-corrected chi connectivity index (χ2v) is 17.9. The van der Waals surface area contributed by atoms with Crippen LogP contribution in [-0.4, -0.2) is 100 Å². The van der Waals surface area contributed by atoms with Crippen LogP contribution in [0.3, 0.4) is 0 Å². The lowest BCUT2D eigenvalue weighted by molar-refractivity contribution is 0.230. The molecule has 12 rings (SSSR count). The van der Waals surface area contributed by atoms with Crippen molar-refractivity contribution in [3.63, 3.8) is 0 Å². The molecular weight excluding hydrogens is 939 g/mol. The summed E-state index contributed by atoms with van der Waals surface area (Å²) in [6.07, 6.45) is 10.1. The number of amides is 4. The Morgan fingerprint density at radius 2 is 0.959 bits per heavy atom. The number of carbonyl (C=O) groups excluding carboxylic acids is 2. The molecule has 364 valence electrons. The lowest BCUT2D eigenvalue weighted by Crippen LogP contribution is -2.27. The van der Waals surface area contributed by atoms with E-state index in [9.17, 15) is 18.4 Å². The zero-order valence-corrected chi connectivity index (χ0v) is 40.2. The Labute approximate surface area is 420 Å². The molecule has 0 aliphatic heterocycles. The molecule has 8 heterocycles. The van der Waals surface area contributed by atoms with Gasteiger partial charge in [-0.15, -0.1) is 0 Å². The SMILES string of the molecule is CN(C)C(=O)Nc1cncc(-c2cnc3n[nH]c(-c4cc5c(-c6cccc(F)c6)cccc5[nH]4)c3c2)c1.CN(C)C(=O)Nc1cncc(-c2cnc3n[nH]c(-c4cc5c(-c6ccccc6F)cccc5[nH]4)c3c2)c1. The number of hydrogen-bond acceptors (Lipinski definition) is 8. The summed E-state index contributed by atoms with van der Waals surface area (Å²) in [6, 6.07) is 36.3. The number of anilines is 2. The standard InChI is InChI=1S/2C28H22FN7O/c1-36(2)28(37)32-20-10-17(13-30-15-20)18-11-23-26(34-35-27(23)31-14-18)25-12-22-21(7-4-8-24(22)33-25)16-5-3-6-19(29)9-16;1-36(2)28(37)32-18-10-16(13-30-15-18)17-11-22-26(34-35-27(22)31-14-17)25-12-21-19(7-5-9-24(21)33-25)20-6-3-4-8-23(20)29/h2*3-15,33H,1-2H3,(H,32,37)(H,31,34,35). The van der Waals surface area contributed by atoms with Gasteiger partial charge >= 0.3 is 12.1 Å². The van der Waals surface area contributed by atoms with Crippen molar-refractivity contribution < 1.29 is 18.4 Å². The Hall–Kier alpha value is -10.1. The van der Waals surface area contributed by atoms with Crippen molar-refractivity contribution in [3.05, 3.63) is 170 Å². The molecule has 0 spiro atoms. The molecule has 16 nitrogen and oxygen atoms in total. The Bertz CT molecular complexity index is 4100. The van der Waals surface area contributed by atoms with Gasteiger partial charge in [-0.05, 0) is 83.4 Å². The zero-order valence-electron chi connectivity index (χ0n) is 40.2. The molecule has 0 fully saturated rings. The Morgan fingerprint density at radius 1 is 0.473 bits per heavy atom. The number of urea groups is 2. The van der Waals surface area contributed by atoms with E-state index in [0.717, 1.165) is 94.3 Å². The Kier molecular flexibility index (Phi) is 12.0. The highest BCUT2D eigenvalue weighted by atomic mass is 19.1. The Morgan fingerprint density at radius 3 is 1.49 bits per heavy atom. The average molecular weight is 983 g/mol. The van der Waals surface area contributed by atoms with E-state index in [2.05, 4.69) is 60.9 Å². The summed E-state index contributed by atoms with van der Waals surface area (Å²) in [6.45, 7) is 0. The molecule has 0 unspecified atom stereocenters. The van der Waals surface area contributed by atoms with Crippen molar-refractivity contribution in [3.8, 4) is 67.3 Å². The summed E-state index contributed by atoms with van der Waals surface area (Å²) in [4.78, 5) is 51.5. The van der Waals surface area contributed by atoms with Crippen molar-refractivity contribution in [2.75, 3.05) is 38.8 Å². The van der Waals surface area contributed by atoms with E-state index in [0.29, 0.717) is 28.2 Å². The predicted octanol–water partition coefficient (Wildman–Crippen LogP) is 12.1. The lowest BCUT2D eigenvalue weighted by atomic mass is 10.0. The number of aromatic amines is 4. The fourth-order valence-electron chi connectivity index (χ4n) is 8.73. The third-order valence-corrected chi connectivity index (χ3v) is 12.4. The van der Waals surface area contributed by atoms with Crippen LogP contribution in [0.25, 0.3) is 111 Å². The highest BCUT2D eigenvalue weighted by Crippen LogP contribution is 2.38. The molecule has 74 heavy (non-hydrogen) atoms. The van der Waals surface area contributed by atoms with Gasteiger partial charge in [0.1, 0.15) is 11.6 Å². The first-order chi connectivity index (χ1) is 35.9. The first-order valence-corrected chi connectivity index (χ1v) is 23.2. The molecule has 0 radical (unpaired) electrons. The van der Waals surface area contributed by atoms with Gasteiger partial charge in [-0.3, -0.25) is 20.2 Å². The van der Waals surface area contributed by atoms with Gasteiger partial charge in [0.05, 0.1) is 46.5 Å². The van der Waals surface area contributed by atoms with Gasteiger partial charge in [-0.25, -0.2) is 28.3 Å². The first kappa shape index (κ1) is 46.3. The predicted molar refractivity (Wildman–Crippen MR) is 285 cm³/mol. The second kappa shape index (κ2) is 19.2. The van der Waals surface area contributed by atoms with Crippen LogP contribution >= 0.6 is 0 Å². The number of fused-ring (bicyclic) bond motifs is 4. The van der Waals surface area contributed by atoms with Gasteiger partial charge in [0.15, 0.2) is 11.3 Å². The van der Waals surface area contributed by atoms with Crippen LogP contribution in [0.1, 0.15) is 0 Å². The zero-order chi connectivity index (χ0) is 51.0. The number of carbonyl (C=O) groups is 2. The summed E-state index contributed by atoms with van der Waals surface area (Å²) in [5, 5.41) is 24.1. The van der Waals surface area contributed by atoms with Gasteiger partial charge in [0.25, 0.3) is 0 Å². The van der Waals surface area contributed by atoms with Crippen molar-refractivity contribution in [1.82, 2.24) is 60.1 Å². The van der Waals surface area contributed by atoms with E-state index in [1.54, 1.807) is 83.6 Å². The monoisotopic (exact) mass is 982 g/mol. The molecule has 0 saturated heterocycles. The largest absolute Gasteiger partial charge is 0.353 e. The van der Waals surface area contributed by atoms with Gasteiger partial charge < -0.3 is 30.4 Å². The molecule has 4 aromatic carbocycles. The van der Waals surface area contributed by atoms with Gasteiger partial charge in [-0.2, -0.15) is 10.2 Å². The maximum absolute atomic E-state index is 14.6. The van der Waals surface area contributed by atoms with Gasteiger partial charge in [-0.1, -0.05) is 54.6 Å². The van der Waals surface area contributed by atoms with Gasteiger partial charge in [0.2, 0.25) is 0 Å². The fraction of sp³-hybridized carbons (Fsp3) is 0.0714. The number of hydrogen-bond donors (Lipinski definition) is 6. The molecule has 6 N–H and O–H groups in total. The molecule has 12 aromatic rings. The summed E-state index contributed by atoms with van der Waals surface area (Å²) in [5.74, 6) is -0.542. The third kappa shape index (κ3) is 9.09. The van der Waals surface area contributed by atoms with Crippen molar-refractivity contribution in [2.24, 2.45) is 0 Å². The van der Waals surface area contributed by atoms with Crippen molar-refractivity contribution in [2.45, 2.75) is 0 Å². The molecule has 4 amide bonds. The lowest BCUT2D eigenvalue weighted by Gasteiger charge is -2.12. The minimum atomic E-state index is -0.275. The van der Waals surface area contributed by atoms with Crippen LogP contribution in [-0.2, 0) is 0 Å². The number of aromatic nitrogens is 10. The van der Waals surface area contributed by atoms with Crippen molar-refractivity contribution in [1.29, 1.82) is 0 Å². The first-order valence-electron chi connectivity index (χ1n) is 23.2. The summed E-state index contributed by atoms with van der Waals surface area (Å²) in [7, 11) is 6.70. The molecule has 0 aliphatic carbocycles. The van der Waals surface area contributed by atoms with Crippen LogP contribution < -0.4 is 10.6 Å². The molecule has 0 saturated carbocycles. The summed E-state index contributed by atoms with van der Waals surface area (Å²) < 4.78 is 28.5. The van der Waals surface area contributed by atoms with Gasteiger partial charge in [0, 0.05) is 113 Å². The molecule has 8 aromatic heterocycles. The number of pyridine rings is 4. The topological polar surface area (TPSA) is 205 Å². The van der Waals surface area contributed by atoms with Crippen LogP contribution in [0.2, 0.25) is 0 Å². The minimum Gasteiger partial charge on any atom is -0.353 e. The van der Waals surface area contributed by atoms with E-state index in [-0.39, 0.29) is 23.7 Å². The quantitative estimate of drug-likeness (QED) is 0.0862. The Balaban J connectivity index is 0.000000159. The minimum absolute atomic E-state index is 0.235. The average Bonchev–Trinajstić information content (AvgIpc) is 4.24. The molecule has 0 bridgehead atoms. The summed E-state index contributed by atoms with van der Waals surface area (Å²) in [5.41, 5.74) is 13.7. The highest BCUT2D eigenvalue weighted by molar-refractivity contribution is 6.03. The van der Waals surface area contributed by atoms with E-state index in [1.165, 1.54) is 28.0 Å². The van der Waals surface area contributed by atoms with E-state index >= 15 is 0 Å². The van der Waals surface area contributed by atoms with E-state index < -0.39 is 0 Å². The highest BCUT2D eigenvalue weighted by Gasteiger charge is 2.18. The molecule has 0 aliphatic rings.